The van der Waals surface area contributed by atoms with E-state index >= 15 is 0 Å². The highest BCUT2D eigenvalue weighted by atomic mass is 19.1. The van der Waals surface area contributed by atoms with Crippen molar-refractivity contribution in [3.05, 3.63) is 71.4 Å². The molecule has 0 radical (unpaired) electrons. The van der Waals surface area contributed by atoms with Crippen LogP contribution in [0.2, 0.25) is 0 Å². The lowest BCUT2D eigenvalue weighted by Gasteiger charge is -2.13. The monoisotopic (exact) mass is 330 g/mol. The molecule has 3 rings (SSSR count). The first-order chi connectivity index (χ1) is 11.5. The molecule has 0 aliphatic carbocycles. The summed E-state index contributed by atoms with van der Waals surface area (Å²) in [5.74, 6) is -2.77. The average molecular weight is 330 g/mol. The van der Waals surface area contributed by atoms with Crippen molar-refractivity contribution in [1.29, 1.82) is 0 Å². The zero-order valence-electron chi connectivity index (χ0n) is 13.0. The van der Waals surface area contributed by atoms with Crippen molar-refractivity contribution in [2.24, 2.45) is 7.05 Å². The number of hydrogen-bond acceptors (Lipinski definition) is 2. The van der Waals surface area contributed by atoms with E-state index in [0.717, 1.165) is 23.0 Å². The van der Waals surface area contributed by atoms with Gasteiger partial charge in [0, 0.05) is 25.3 Å². The summed E-state index contributed by atoms with van der Waals surface area (Å²) in [5.41, 5.74) is 0.981. The number of rotatable bonds is 4. The van der Waals surface area contributed by atoms with Gasteiger partial charge < -0.3 is 15.0 Å². The molecule has 1 aromatic heterocycles. The summed E-state index contributed by atoms with van der Waals surface area (Å²) in [6, 6.07) is 10.6. The fourth-order valence-corrected chi connectivity index (χ4v) is 2.62. The average Bonchev–Trinajstić information content (AvgIpc) is 2.93. The Morgan fingerprint density at radius 3 is 2.62 bits per heavy atom. The highest BCUT2D eigenvalue weighted by Gasteiger charge is 2.18. The van der Waals surface area contributed by atoms with Crippen LogP contribution in [0.3, 0.4) is 0 Å². The standard InChI is InChI=1S/C18H16F2N2O2/c1-22-8-7-11-9-12(5-6-15(11)22)16(23)10-21-18(24)17-13(19)3-2-4-14(17)20/h2-9,16,23H,10H2,1H3,(H,21,24)/t16-/m1/s1. The normalized spacial score (nSPS) is 12.3. The zero-order valence-corrected chi connectivity index (χ0v) is 13.0. The molecule has 2 N–H and O–H groups in total. The lowest BCUT2D eigenvalue weighted by atomic mass is 10.1. The number of aliphatic hydroxyl groups excluding tert-OH is 1. The number of nitrogens with zero attached hydrogens (tertiary/aromatic N) is 1. The molecule has 0 saturated heterocycles. The first-order valence-electron chi connectivity index (χ1n) is 7.42. The van der Waals surface area contributed by atoms with Crippen LogP contribution >= 0.6 is 0 Å². The molecule has 124 valence electrons. The second-order valence-corrected chi connectivity index (χ2v) is 5.57. The second kappa shape index (κ2) is 6.41. The first kappa shape index (κ1) is 16.1. The maximum atomic E-state index is 13.6. The topological polar surface area (TPSA) is 54.3 Å². The number of amides is 1. The lowest BCUT2D eigenvalue weighted by Crippen LogP contribution is -2.29. The summed E-state index contributed by atoms with van der Waals surface area (Å²) in [4.78, 5) is 11.9. The molecule has 6 heteroatoms. The third-order valence-corrected chi connectivity index (χ3v) is 3.94. The van der Waals surface area contributed by atoms with Gasteiger partial charge in [-0.15, -0.1) is 0 Å². The Labute approximate surface area is 137 Å². The minimum atomic E-state index is -0.978. The molecular weight excluding hydrogens is 314 g/mol. The van der Waals surface area contributed by atoms with Gasteiger partial charge in [-0.3, -0.25) is 4.79 Å². The summed E-state index contributed by atoms with van der Waals surface area (Å²) >= 11 is 0. The van der Waals surface area contributed by atoms with Crippen molar-refractivity contribution in [2.75, 3.05) is 6.54 Å². The van der Waals surface area contributed by atoms with Crippen molar-refractivity contribution in [1.82, 2.24) is 9.88 Å². The fourth-order valence-electron chi connectivity index (χ4n) is 2.62. The van der Waals surface area contributed by atoms with Gasteiger partial charge >= 0.3 is 0 Å². The van der Waals surface area contributed by atoms with Gasteiger partial charge in [0.2, 0.25) is 0 Å². The molecule has 1 heterocycles. The Bertz CT molecular complexity index is 885. The maximum absolute atomic E-state index is 13.6. The number of carbonyl (C=O) groups is 1. The molecule has 24 heavy (non-hydrogen) atoms. The van der Waals surface area contributed by atoms with Gasteiger partial charge in [0.05, 0.1) is 6.10 Å². The Morgan fingerprint density at radius 1 is 1.21 bits per heavy atom. The fraction of sp³-hybridized carbons (Fsp3) is 0.167. The summed E-state index contributed by atoms with van der Waals surface area (Å²) < 4.78 is 29.1. The van der Waals surface area contributed by atoms with E-state index in [1.54, 1.807) is 6.07 Å². The number of halogens is 2. The molecule has 0 fully saturated rings. The third kappa shape index (κ3) is 3.00. The number of hydrogen-bond donors (Lipinski definition) is 2. The number of aromatic nitrogens is 1. The van der Waals surface area contributed by atoms with E-state index in [1.807, 2.05) is 36.0 Å². The molecule has 0 spiro atoms. The SMILES string of the molecule is Cn1ccc2cc([C@H](O)CNC(=O)c3c(F)cccc3F)ccc21. The van der Waals surface area contributed by atoms with E-state index < -0.39 is 29.2 Å². The van der Waals surface area contributed by atoms with Crippen LogP contribution in [0.5, 0.6) is 0 Å². The van der Waals surface area contributed by atoms with Crippen LogP contribution in [0.1, 0.15) is 22.0 Å². The molecule has 2 aromatic carbocycles. The van der Waals surface area contributed by atoms with Crippen LogP contribution in [0.4, 0.5) is 8.78 Å². The first-order valence-corrected chi connectivity index (χ1v) is 7.42. The van der Waals surface area contributed by atoms with Crippen molar-refractivity contribution in [3.63, 3.8) is 0 Å². The molecular formula is C18H16F2N2O2. The number of nitrogens with one attached hydrogen (secondary N) is 1. The zero-order chi connectivity index (χ0) is 17.3. The quantitative estimate of drug-likeness (QED) is 0.773. The van der Waals surface area contributed by atoms with Gasteiger partial charge in [-0.05, 0) is 41.3 Å². The van der Waals surface area contributed by atoms with E-state index in [4.69, 9.17) is 0 Å². The maximum Gasteiger partial charge on any atom is 0.257 e. The van der Waals surface area contributed by atoms with Crippen LogP contribution < -0.4 is 5.32 Å². The number of aryl methyl sites for hydroxylation is 1. The summed E-state index contributed by atoms with van der Waals surface area (Å²) in [6.07, 6.45) is 0.928. The molecule has 0 aliphatic rings. The van der Waals surface area contributed by atoms with E-state index in [2.05, 4.69) is 5.32 Å². The molecule has 0 bridgehead atoms. The van der Waals surface area contributed by atoms with Crippen LogP contribution in [0, 0.1) is 11.6 Å². The van der Waals surface area contributed by atoms with Gasteiger partial charge in [0.25, 0.3) is 5.91 Å². The molecule has 1 amide bonds. The highest BCUT2D eigenvalue weighted by Crippen LogP contribution is 2.21. The lowest BCUT2D eigenvalue weighted by molar-refractivity contribution is 0.0908. The predicted molar refractivity (Wildman–Crippen MR) is 86.6 cm³/mol. The van der Waals surface area contributed by atoms with Crippen LogP contribution in [-0.2, 0) is 7.05 Å². The van der Waals surface area contributed by atoms with Crippen LogP contribution in [0.25, 0.3) is 10.9 Å². The van der Waals surface area contributed by atoms with E-state index in [9.17, 15) is 18.7 Å². The van der Waals surface area contributed by atoms with Gasteiger partial charge in [0.15, 0.2) is 0 Å². The third-order valence-electron chi connectivity index (χ3n) is 3.94. The van der Waals surface area contributed by atoms with Gasteiger partial charge in [-0.25, -0.2) is 8.78 Å². The Morgan fingerprint density at radius 2 is 1.92 bits per heavy atom. The van der Waals surface area contributed by atoms with Crippen molar-refractivity contribution in [2.45, 2.75) is 6.10 Å². The minimum Gasteiger partial charge on any atom is -0.387 e. The molecule has 3 aromatic rings. The Balaban J connectivity index is 1.72. The van der Waals surface area contributed by atoms with Crippen molar-refractivity contribution < 1.29 is 18.7 Å². The smallest absolute Gasteiger partial charge is 0.257 e. The second-order valence-electron chi connectivity index (χ2n) is 5.57. The molecule has 0 saturated carbocycles. The largest absolute Gasteiger partial charge is 0.387 e. The van der Waals surface area contributed by atoms with E-state index in [0.29, 0.717) is 5.56 Å². The molecule has 4 nitrogen and oxygen atoms in total. The van der Waals surface area contributed by atoms with Crippen LogP contribution in [-0.4, -0.2) is 22.1 Å². The molecule has 0 unspecified atom stereocenters. The Kier molecular flexibility index (Phi) is 4.31. The van der Waals surface area contributed by atoms with Crippen molar-refractivity contribution in [3.8, 4) is 0 Å². The minimum absolute atomic E-state index is 0.148. The summed E-state index contributed by atoms with van der Waals surface area (Å²) in [6.45, 7) is -0.148. The number of carbonyl (C=O) groups excluding carboxylic acids is 1. The van der Waals surface area contributed by atoms with Crippen molar-refractivity contribution >= 4 is 16.8 Å². The van der Waals surface area contributed by atoms with Crippen LogP contribution in [0.15, 0.2) is 48.7 Å². The number of benzene rings is 2. The van der Waals surface area contributed by atoms with Gasteiger partial charge in [0.1, 0.15) is 17.2 Å². The summed E-state index contributed by atoms with van der Waals surface area (Å²) in [5, 5.41) is 13.5. The summed E-state index contributed by atoms with van der Waals surface area (Å²) in [7, 11) is 1.92. The van der Waals surface area contributed by atoms with Gasteiger partial charge in [-0.1, -0.05) is 12.1 Å². The van der Waals surface area contributed by atoms with E-state index in [-0.39, 0.29) is 6.54 Å². The van der Waals surface area contributed by atoms with Gasteiger partial charge in [-0.2, -0.15) is 0 Å². The molecule has 1 atom stereocenters. The number of aliphatic hydroxyl groups is 1. The highest BCUT2D eigenvalue weighted by molar-refractivity contribution is 5.94. The van der Waals surface area contributed by atoms with E-state index in [1.165, 1.54) is 6.07 Å². The number of fused-ring (bicyclic) bond motifs is 1. The molecule has 0 aliphatic heterocycles. The Hall–Kier alpha value is -2.73. The predicted octanol–water partition coefficient (Wildman–Crippen LogP) is 2.92.